The Morgan fingerprint density at radius 3 is 2.37 bits per heavy atom. The molecule has 1 aliphatic heterocycles. The Bertz CT molecular complexity index is 1150. The fraction of sp³-hybridized carbons (Fsp3) is 0.259. The number of aromatic carboxylic acids is 1. The first-order valence-corrected chi connectivity index (χ1v) is 11.2. The lowest BCUT2D eigenvalue weighted by Crippen LogP contribution is -2.51. The Kier molecular flexibility index (Phi) is 8.84. The van der Waals surface area contributed by atoms with Gasteiger partial charge >= 0.3 is 5.97 Å². The first-order chi connectivity index (χ1) is 16.4. The van der Waals surface area contributed by atoms with Crippen molar-refractivity contribution in [2.75, 3.05) is 13.2 Å². The second kappa shape index (κ2) is 11.8. The quantitative estimate of drug-likeness (QED) is 0.473. The number of nitrogens with one attached hydrogen (secondary N) is 1. The summed E-state index contributed by atoms with van der Waals surface area (Å²) >= 11 is 0. The maximum absolute atomic E-state index is 13.3. The third-order valence-electron chi connectivity index (χ3n) is 6.13. The highest BCUT2D eigenvalue weighted by atomic mass is 35.5. The van der Waals surface area contributed by atoms with Crippen molar-refractivity contribution in [3.05, 3.63) is 101 Å². The van der Waals surface area contributed by atoms with Crippen molar-refractivity contribution in [3.8, 4) is 5.75 Å². The van der Waals surface area contributed by atoms with Crippen LogP contribution in [0, 0.1) is 5.82 Å². The molecule has 2 atom stereocenters. The average Bonchev–Trinajstić information content (AvgIpc) is 2.84. The van der Waals surface area contributed by atoms with E-state index in [0.29, 0.717) is 31.9 Å². The molecule has 3 aromatic carbocycles. The standard InChI is InChI=1S/C27H27FN2O4.ClH/c1-18(19-6-8-20(9-7-19)27(32)33)29-26(31)25-16-21-4-2-3-5-22(21)17-30(25)14-15-34-24-12-10-23(28)11-13-24;/h2-13,18,25H,14-17H2,1H3,(H,29,31)(H,32,33);1H/t18-,25+;/m0./s1. The topological polar surface area (TPSA) is 78.9 Å². The van der Waals surface area contributed by atoms with Crippen LogP contribution in [0.2, 0.25) is 0 Å². The summed E-state index contributed by atoms with van der Waals surface area (Å²) in [5.41, 5.74) is 3.38. The number of fused-ring (bicyclic) bond motifs is 1. The first-order valence-electron chi connectivity index (χ1n) is 11.2. The minimum atomic E-state index is -0.984. The average molecular weight is 499 g/mol. The van der Waals surface area contributed by atoms with E-state index in [-0.39, 0.29) is 41.8 Å². The summed E-state index contributed by atoms with van der Waals surface area (Å²) in [7, 11) is 0. The molecule has 0 fully saturated rings. The maximum atomic E-state index is 13.3. The number of hydrogen-bond acceptors (Lipinski definition) is 4. The minimum absolute atomic E-state index is 0. The lowest BCUT2D eigenvalue weighted by atomic mass is 9.93. The number of ether oxygens (including phenoxy) is 1. The molecule has 184 valence electrons. The van der Waals surface area contributed by atoms with Crippen molar-refractivity contribution in [2.45, 2.75) is 32.0 Å². The van der Waals surface area contributed by atoms with Gasteiger partial charge in [-0.15, -0.1) is 12.4 Å². The van der Waals surface area contributed by atoms with Gasteiger partial charge in [-0.25, -0.2) is 9.18 Å². The third kappa shape index (κ3) is 6.59. The Hall–Kier alpha value is -3.42. The number of rotatable bonds is 8. The van der Waals surface area contributed by atoms with Gasteiger partial charge in [0.1, 0.15) is 18.2 Å². The van der Waals surface area contributed by atoms with Gasteiger partial charge in [0.05, 0.1) is 17.6 Å². The van der Waals surface area contributed by atoms with Gasteiger partial charge in [0.2, 0.25) is 5.91 Å². The second-order valence-electron chi connectivity index (χ2n) is 8.42. The molecule has 1 amide bonds. The molecule has 8 heteroatoms. The molecule has 35 heavy (non-hydrogen) atoms. The lowest BCUT2D eigenvalue weighted by Gasteiger charge is -2.36. The third-order valence-corrected chi connectivity index (χ3v) is 6.13. The fourth-order valence-corrected chi connectivity index (χ4v) is 4.19. The molecule has 0 unspecified atom stereocenters. The highest BCUT2D eigenvalue weighted by Gasteiger charge is 2.32. The number of carboxylic acid groups (broad SMARTS) is 1. The van der Waals surface area contributed by atoms with Crippen molar-refractivity contribution < 1.29 is 23.8 Å². The number of carbonyl (C=O) groups is 2. The van der Waals surface area contributed by atoms with Crippen LogP contribution < -0.4 is 10.1 Å². The Morgan fingerprint density at radius 2 is 1.71 bits per heavy atom. The van der Waals surface area contributed by atoms with Crippen molar-refractivity contribution in [1.29, 1.82) is 0 Å². The second-order valence-corrected chi connectivity index (χ2v) is 8.42. The van der Waals surface area contributed by atoms with E-state index in [1.165, 1.54) is 29.8 Å². The summed E-state index contributed by atoms with van der Waals surface area (Å²) in [6, 6.07) is 19.9. The largest absolute Gasteiger partial charge is 0.492 e. The van der Waals surface area contributed by atoms with Crippen LogP contribution in [0.1, 0.15) is 40.0 Å². The number of hydrogen-bond donors (Lipinski definition) is 2. The molecule has 0 saturated heterocycles. The van der Waals surface area contributed by atoms with E-state index in [4.69, 9.17) is 9.84 Å². The van der Waals surface area contributed by atoms with E-state index < -0.39 is 5.97 Å². The summed E-state index contributed by atoms with van der Waals surface area (Å²) in [5, 5.41) is 12.2. The molecule has 1 heterocycles. The van der Waals surface area contributed by atoms with Gasteiger partial charge in [-0.2, -0.15) is 0 Å². The van der Waals surface area contributed by atoms with Crippen molar-refractivity contribution in [1.82, 2.24) is 10.2 Å². The zero-order chi connectivity index (χ0) is 24.1. The van der Waals surface area contributed by atoms with Crippen LogP contribution in [0.15, 0.2) is 72.8 Å². The SMILES string of the molecule is C[C@H](NC(=O)[C@H]1Cc2ccccc2CN1CCOc1ccc(F)cc1)c1ccc(C(=O)O)cc1.Cl. The molecule has 2 N–H and O–H groups in total. The summed E-state index contributed by atoms with van der Waals surface area (Å²) in [5.74, 6) is -0.810. The molecule has 0 aliphatic carbocycles. The van der Waals surface area contributed by atoms with Gasteiger partial charge in [-0.05, 0) is 66.4 Å². The zero-order valence-electron chi connectivity index (χ0n) is 19.3. The van der Waals surface area contributed by atoms with Gasteiger partial charge in [0.25, 0.3) is 0 Å². The van der Waals surface area contributed by atoms with Crippen LogP contribution in [-0.4, -0.2) is 41.1 Å². The van der Waals surface area contributed by atoms with Gasteiger partial charge in [0, 0.05) is 13.1 Å². The summed E-state index contributed by atoms with van der Waals surface area (Å²) in [6.07, 6.45) is 0.587. The van der Waals surface area contributed by atoms with E-state index in [1.54, 1.807) is 24.3 Å². The number of benzene rings is 3. The minimum Gasteiger partial charge on any atom is -0.492 e. The molecule has 3 aromatic rings. The molecule has 4 rings (SSSR count). The molecule has 0 radical (unpaired) electrons. The van der Waals surface area contributed by atoms with Crippen LogP contribution in [0.25, 0.3) is 0 Å². The van der Waals surface area contributed by atoms with E-state index in [9.17, 15) is 14.0 Å². The summed E-state index contributed by atoms with van der Waals surface area (Å²) in [6.45, 7) is 3.41. The zero-order valence-corrected chi connectivity index (χ0v) is 20.1. The van der Waals surface area contributed by atoms with Crippen molar-refractivity contribution in [3.63, 3.8) is 0 Å². The van der Waals surface area contributed by atoms with Gasteiger partial charge < -0.3 is 15.2 Å². The lowest BCUT2D eigenvalue weighted by molar-refractivity contribution is -0.127. The predicted molar refractivity (Wildman–Crippen MR) is 133 cm³/mol. The molecule has 0 aromatic heterocycles. The van der Waals surface area contributed by atoms with E-state index in [0.717, 1.165) is 11.1 Å². The fourth-order valence-electron chi connectivity index (χ4n) is 4.19. The molecular weight excluding hydrogens is 471 g/mol. The maximum Gasteiger partial charge on any atom is 0.335 e. The van der Waals surface area contributed by atoms with Crippen LogP contribution in [0.4, 0.5) is 4.39 Å². The van der Waals surface area contributed by atoms with Crippen LogP contribution in [0.3, 0.4) is 0 Å². The highest BCUT2D eigenvalue weighted by Crippen LogP contribution is 2.24. The first kappa shape index (κ1) is 26.2. The number of halogens is 2. The molecule has 1 aliphatic rings. The Labute approximate surface area is 210 Å². The van der Waals surface area contributed by atoms with E-state index >= 15 is 0 Å². The summed E-state index contributed by atoms with van der Waals surface area (Å²) < 4.78 is 18.9. The Balaban J connectivity index is 0.00000342. The number of nitrogens with zero attached hydrogens (tertiary/aromatic N) is 1. The number of carbonyl (C=O) groups excluding carboxylic acids is 1. The van der Waals surface area contributed by atoms with Crippen molar-refractivity contribution in [2.24, 2.45) is 0 Å². The summed E-state index contributed by atoms with van der Waals surface area (Å²) in [4.78, 5) is 26.5. The Morgan fingerprint density at radius 1 is 1.06 bits per heavy atom. The van der Waals surface area contributed by atoms with Gasteiger partial charge in [0.15, 0.2) is 0 Å². The predicted octanol–water partition coefficient (Wildman–Crippen LogP) is 4.63. The smallest absolute Gasteiger partial charge is 0.335 e. The number of carboxylic acids is 1. The highest BCUT2D eigenvalue weighted by molar-refractivity contribution is 5.87. The molecule has 0 bridgehead atoms. The normalized spacial score (nSPS) is 15.9. The molecule has 0 saturated carbocycles. The molecule has 0 spiro atoms. The van der Waals surface area contributed by atoms with Crippen LogP contribution >= 0.6 is 12.4 Å². The van der Waals surface area contributed by atoms with Gasteiger partial charge in [-0.1, -0.05) is 36.4 Å². The van der Waals surface area contributed by atoms with Crippen molar-refractivity contribution >= 4 is 24.3 Å². The van der Waals surface area contributed by atoms with Crippen LogP contribution in [0.5, 0.6) is 5.75 Å². The number of amides is 1. The molecule has 6 nitrogen and oxygen atoms in total. The van der Waals surface area contributed by atoms with E-state index in [1.807, 2.05) is 19.1 Å². The van der Waals surface area contributed by atoms with Crippen LogP contribution in [-0.2, 0) is 17.8 Å². The van der Waals surface area contributed by atoms with E-state index in [2.05, 4.69) is 22.3 Å². The van der Waals surface area contributed by atoms with Gasteiger partial charge in [-0.3, -0.25) is 9.69 Å². The monoisotopic (exact) mass is 498 g/mol. The molecular formula is C27H28ClFN2O4.